The highest BCUT2D eigenvalue weighted by Crippen LogP contribution is 2.61. The van der Waals surface area contributed by atoms with Crippen LogP contribution in [-0.2, 0) is 11.1 Å². The van der Waals surface area contributed by atoms with Crippen LogP contribution < -0.4 is 0 Å². The number of nitrogens with zero attached hydrogens (tertiary/aromatic N) is 1. The third kappa shape index (κ3) is 2.64. The summed E-state index contributed by atoms with van der Waals surface area (Å²) in [5, 5.41) is 0. The van der Waals surface area contributed by atoms with Crippen molar-refractivity contribution in [3.05, 3.63) is 35.9 Å². The summed E-state index contributed by atoms with van der Waals surface area (Å²) in [6, 6.07) is 10.6. The van der Waals surface area contributed by atoms with Crippen molar-refractivity contribution in [2.24, 2.45) is 0 Å². The van der Waals surface area contributed by atoms with E-state index >= 15 is 0 Å². The van der Waals surface area contributed by atoms with Gasteiger partial charge in [0.15, 0.2) is 0 Å². The van der Waals surface area contributed by atoms with E-state index in [9.17, 15) is 4.57 Å². The van der Waals surface area contributed by atoms with Gasteiger partial charge in [-0.3, -0.25) is 4.90 Å². The van der Waals surface area contributed by atoms with Gasteiger partial charge in [-0.25, -0.2) is 0 Å². The molecule has 1 saturated heterocycles. The summed E-state index contributed by atoms with van der Waals surface area (Å²) >= 11 is 0. The fraction of sp³-hybridized carbons (Fsp3) is 0.571. The predicted octanol–water partition coefficient (Wildman–Crippen LogP) is 3.03. The largest absolute Gasteiger partial charge is 0.323 e. The van der Waals surface area contributed by atoms with Gasteiger partial charge in [-0.1, -0.05) is 30.3 Å². The highest BCUT2D eigenvalue weighted by molar-refractivity contribution is 7.65. The topological polar surface area (TPSA) is 20.3 Å². The minimum Gasteiger partial charge on any atom is -0.323 e. The van der Waals surface area contributed by atoms with Crippen LogP contribution in [0.4, 0.5) is 0 Å². The van der Waals surface area contributed by atoms with Crippen molar-refractivity contribution >= 4 is 7.14 Å². The van der Waals surface area contributed by atoms with E-state index in [0.29, 0.717) is 5.66 Å². The SMILES string of the molecule is O=P1(C2CC2)CCN(Cc2ccccc2)CC1. The van der Waals surface area contributed by atoms with Gasteiger partial charge < -0.3 is 4.57 Å². The zero-order valence-electron chi connectivity index (χ0n) is 10.2. The van der Waals surface area contributed by atoms with E-state index in [-0.39, 0.29) is 0 Å². The Bertz CT molecular complexity index is 415. The molecule has 3 rings (SSSR count). The monoisotopic (exact) mass is 249 g/mol. The van der Waals surface area contributed by atoms with Crippen LogP contribution >= 0.6 is 7.14 Å². The first-order valence-electron chi connectivity index (χ1n) is 6.60. The van der Waals surface area contributed by atoms with Crippen LogP contribution in [0.5, 0.6) is 0 Å². The molecular formula is C14H20NOP. The molecule has 0 radical (unpaired) electrons. The quantitative estimate of drug-likeness (QED) is 0.767. The van der Waals surface area contributed by atoms with Gasteiger partial charge in [0.2, 0.25) is 0 Å². The van der Waals surface area contributed by atoms with Gasteiger partial charge in [0.1, 0.15) is 0 Å². The molecule has 0 aromatic heterocycles. The lowest BCUT2D eigenvalue weighted by Crippen LogP contribution is -2.35. The summed E-state index contributed by atoms with van der Waals surface area (Å²) in [6.07, 6.45) is 4.39. The maximum Gasteiger partial charge on any atom is 0.0931 e. The second-order valence-corrected chi connectivity index (χ2v) is 8.92. The Labute approximate surface area is 103 Å². The van der Waals surface area contributed by atoms with Gasteiger partial charge in [0.05, 0.1) is 7.14 Å². The molecular weight excluding hydrogens is 229 g/mol. The van der Waals surface area contributed by atoms with E-state index in [1.165, 1.54) is 18.4 Å². The Morgan fingerprint density at radius 3 is 2.35 bits per heavy atom. The van der Waals surface area contributed by atoms with Crippen LogP contribution in [0, 0.1) is 0 Å². The molecule has 1 saturated carbocycles. The Hall–Kier alpha value is -0.590. The van der Waals surface area contributed by atoms with Crippen molar-refractivity contribution in [1.82, 2.24) is 4.90 Å². The first-order chi connectivity index (χ1) is 8.26. The fourth-order valence-corrected chi connectivity index (χ4v) is 6.04. The van der Waals surface area contributed by atoms with Gasteiger partial charge >= 0.3 is 0 Å². The standard InChI is InChI=1S/C14H20NOP/c16-17(14-6-7-14)10-8-15(9-11-17)12-13-4-2-1-3-5-13/h1-5,14H,6-12H2. The first-order valence-corrected chi connectivity index (χ1v) is 8.75. The van der Waals surface area contributed by atoms with Crippen molar-refractivity contribution in [3.63, 3.8) is 0 Å². The Balaban J connectivity index is 1.57. The average Bonchev–Trinajstić information content (AvgIpc) is 3.18. The molecule has 0 bridgehead atoms. The molecule has 0 unspecified atom stereocenters. The van der Waals surface area contributed by atoms with Crippen molar-refractivity contribution in [1.29, 1.82) is 0 Å². The zero-order chi connectivity index (χ0) is 11.7. The minimum absolute atomic E-state index is 0.612. The molecule has 3 heteroatoms. The molecule has 0 amide bonds. The van der Waals surface area contributed by atoms with Crippen LogP contribution in [0.2, 0.25) is 0 Å². The van der Waals surface area contributed by atoms with Crippen molar-refractivity contribution in [3.8, 4) is 0 Å². The molecule has 0 atom stereocenters. The summed E-state index contributed by atoms with van der Waals surface area (Å²) in [5.74, 6) is 0. The van der Waals surface area contributed by atoms with Crippen LogP contribution in [-0.4, -0.2) is 36.0 Å². The van der Waals surface area contributed by atoms with Crippen LogP contribution in [0.1, 0.15) is 18.4 Å². The summed E-state index contributed by atoms with van der Waals surface area (Å²) in [6.45, 7) is 3.08. The lowest BCUT2D eigenvalue weighted by molar-refractivity contribution is 0.286. The van der Waals surface area contributed by atoms with Gasteiger partial charge in [0, 0.05) is 37.6 Å². The second kappa shape index (κ2) is 4.59. The third-order valence-corrected chi connectivity index (χ3v) is 7.81. The molecule has 1 aliphatic carbocycles. The van der Waals surface area contributed by atoms with Crippen molar-refractivity contribution in [2.45, 2.75) is 25.0 Å². The van der Waals surface area contributed by atoms with Crippen LogP contribution in [0.25, 0.3) is 0 Å². The zero-order valence-corrected chi connectivity index (χ0v) is 11.1. The van der Waals surface area contributed by atoms with Gasteiger partial charge in [-0.15, -0.1) is 0 Å². The maximum atomic E-state index is 12.6. The molecule has 1 aromatic rings. The summed E-state index contributed by atoms with van der Waals surface area (Å²) in [4.78, 5) is 2.45. The van der Waals surface area contributed by atoms with E-state index in [1.54, 1.807) is 0 Å². The lowest BCUT2D eigenvalue weighted by atomic mass is 10.2. The maximum absolute atomic E-state index is 12.6. The molecule has 17 heavy (non-hydrogen) atoms. The highest BCUT2D eigenvalue weighted by Gasteiger charge is 2.42. The fourth-order valence-electron chi connectivity index (χ4n) is 2.75. The molecule has 1 aromatic carbocycles. The highest BCUT2D eigenvalue weighted by atomic mass is 31.2. The number of benzene rings is 1. The molecule has 92 valence electrons. The van der Waals surface area contributed by atoms with E-state index < -0.39 is 7.14 Å². The minimum atomic E-state index is -1.76. The Morgan fingerprint density at radius 2 is 1.76 bits per heavy atom. The molecule has 1 heterocycles. The second-order valence-electron chi connectivity index (χ2n) is 5.39. The molecule has 0 spiro atoms. The number of hydrogen-bond acceptors (Lipinski definition) is 2. The van der Waals surface area contributed by atoms with E-state index in [4.69, 9.17) is 0 Å². The van der Waals surface area contributed by atoms with Crippen molar-refractivity contribution in [2.75, 3.05) is 25.4 Å². The van der Waals surface area contributed by atoms with Gasteiger partial charge in [-0.05, 0) is 18.4 Å². The predicted molar refractivity (Wildman–Crippen MR) is 72.1 cm³/mol. The molecule has 0 N–H and O–H groups in total. The third-order valence-electron chi connectivity index (χ3n) is 4.05. The van der Waals surface area contributed by atoms with E-state index in [2.05, 4.69) is 35.2 Å². The summed E-state index contributed by atoms with van der Waals surface area (Å²) in [5.41, 5.74) is 1.98. The summed E-state index contributed by atoms with van der Waals surface area (Å²) in [7, 11) is -1.76. The van der Waals surface area contributed by atoms with Crippen molar-refractivity contribution < 1.29 is 4.57 Å². The number of hydrogen-bond donors (Lipinski definition) is 0. The van der Waals surface area contributed by atoms with Gasteiger partial charge in [0.25, 0.3) is 0 Å². The molecule has 1 aliphatic heterocycles. The molecule has 2 nitrogen and oxygen atoms in total. The normalized spacial score (nSPS) is 24.7. The van der Waals surface area contributed by atoms with E-state index in [1.807, 2.05) is 0 Å². The van der Waals surface area contributed by atoms with Gasteiger partial charge in [-0.2, -0.15) is 0 Å². The molecule has 2 aliphatic rings. The summed E-state index contributed by atoms with van der Waals surface area (Å²) < 4.78 is 12.6. The van der Waals surface area contributed by atoms with Crippen LogP contribution in [0.3, 0.4) is 0 Å². The van der Waals surface area contributed by atoms with E-state index in [0.717, 1.165) is 32.0 Å². The smallest absolute Gasteiger partial charge is 0.0931 e. The number of rotatable bonds is 3. The Kier molecular flexibility index (Phi) is 3.10. The first kappa shape index (κ1) is 11.5. The Morgan fingerprint density at radius 1 is 1.12 bits per heavy atom. The van der Waals surface area contributed by atoms with Crippen LogP contribution in [0.15, 0.2) is 30.3 Å². The molecule has 2 fully saturated rings. The average molecular weight is 249 g/mol. The lowest BCUT2D eigenvalue weighted by Gasteiger charge is -2.32.